The van der Waals surface area contributed by atoms with Gasteiger partial charge in [-0.1, -0.05) is 13.0 Å². The van der Waals surface area contributed by atoms with Gasteiger partial charge in [-0.05, 0) is 30.9 Å². The summed E-state index contributed by atoms with van der Waals surface area (Å²) in [6.45, 7) is 3.47. The summed E-state index contributed by atoms with van der Waals surface area (Å²) in [4.78, 5) is 13.7. The van der Waals surface area contributed by atoms with Gasteiger partial charge in [-0.3, -0.25) is 4.79 Å². The first-order valence-corrected chi connectivity index (χ1v) is 6.53. The third-order valence-corrected chi connectivity index (χ3v) is 3.39. The average molecular weight is 268 g/mol. The molecule has 1 aliphatic heterocycles. The number of nitrogens with zero attached hydrogens (tertiary/aromatic N) is 1. The highest BCUT2D eigenvalue weighted by Crippen LogP contribution is 2.19. The molecule has 1 saturated heterocycles. The highest BCUT2D eigenvalue weighted by Gasteiger charge is 2.21. The molecule has 0 saturated carbocycles. The van der Waals surface area contributed by atoms with Gasteiger partial charge in [-0.25, -0.2) is 8.78 Å². The summed E-state index contributed by atoms with van der Waals surface area (Å²) in [6, 6.07) is 3.63. The van der Waals surface area contributed by atoms with Crippen LogP contribution in [0, 0.1) is 17.6 Å². The maximum atomic E-state index is 13.4. The second-order valence-electron chi connectivity index (χ2n) is 5.04. The van der Waals surface area contributed by atoms with E-state index in [4.69, 9.17) is 0 Å². The molecule has 1 amide bonds. The van der Waals surface area contributed by atoms with Crippen molar-refractivity contribution in [3.63, 3.8) is 0 Å². The highest BCUT2D eigenvalue weighted by molar-refractivity contribution is 5.81. The van der Waals surface area contributed by atoms with Crippen molar-refractivity contribution >= 4 is 11.6 Å². The lowest BCUT2D eigenvalue weighted by atomic mass is 10.0. The minimum Gasteiger partial charge on any atom is -0.371 e. The summed E-state index contributed by atoms with van der Waals surface area (Å²) in [6.07, 6.45) is 2.11. The zero-order chi connectivity index (χ0) is 13.8. The Bertz CT molecular complexity index is 445. The van der Waals surface area contributed by atoms with Crippen molar-refractivity contribution in [2.24, 2.45) is 5.92 Å². The number of anilines is 1. The van der Waals surface area contributed by atoms with Gasteiger partial charge in [-0.15, -0.1) is 0 Å². The SMILES string of the molecule is CC1CCCN(C(=O)CNc2c(F)cccc2F)C1. The fraction of sp³-hybridized carbons (Fsp3) is 0.500. The van der Waals surface area contributed by atoms with Crippen molar-refractivity contribution < 1.29 is 13.6 Å². The second kappa shape index (κ2) is 5.99. The van der Waals surface area contributed by atoms with Crippen molar-refractivity contribution in [2.45, 2.75) is 19.8 Å². The Balaban J connectivity index is 1.93. The second-order valence-corrected chi connectivity index (χ2v) is 5.04. The molecule has 1 fully saturated rings. The summed E-state index contributed by atoms with van der Waals surface area (Å²) in [5.41, 5.74) is -0.235. The molecule has 1 aliphatic rings. The van der Waals surface area contributed by atoms with E-state index in [1.54, 1.807) is 4.90 Å². The van der Waals surface area contributed by atoms with Crippen LogP contribution in [0.15, 0.2) is 18.2 Å². The number of likely N-dealkylation sites (tertiary alicyclic amines) is 1. The zero-order valence-corrected chi connectivity index (χ0v) is 11.0. The molecular weight excluding hydrogens is 250 g/mol. The summed E-state index contributed by atoms with van der Waals surface area (Å²) in [5.74, 6) is -0.989. The monoisotopic (exact) mass is 268 g/mol. The Morgan fingerprint density at radius 3 is 2.74 bits per heavy atom. The van der Waals surface area contributed by atoms with E-state index in [1.165, 1.54) is 18.2 Å². The minimum absolute atomic E-state index is 0.0788. The van der Waals surface area contributed by atoms with Gasteiger partial charge in [0.1, 0.15) is 17.3 Å². The van der Waals surface area contributed by atoms with Crippen molar-refractivity contribution in [2.75, 3.05) is 25.0 Å². The molecule has 1 atom stereocenters. The van der Waals surface area contributed by atoms with E-state index in [0.29, 0.717) is 5.92 Å². The molecule has 19 heavy (non-hydrogen) atoms. The van der Waals surface area contributed by atoms with Crippen LogP contribution in [0.1, 0.15) is 19.8 Å². The maximum absolute atomic E-state index is 13.4. The minimum atomic E-state index is -0.681. The number of carbonyl (C=O) groups excluding carboxylic acids is 1. The van der Waals surface area contributed by atoms with Crippen LogP contribution in [0.3, 0.4) is 0 Å². The topological polar surface area (TPSA) is 32.3 Å². The standard InChI is InChI=1S/C14H18F2N2O/c1-10-4-3-7-18(9-10)13(19)8-17-14-11(15)5-2-6-12(14)16/h2,5-6,10,17H,3-4,7-9H2,1H3. The Kier molecular flexibility index (Phi) is 4.35. The first-order chi connectivity index (χ1) is 9.08. The molecule has 3 nitrogen and oxygen atoms in total. The number of piperidine rings is 1. The third-order valence-electron chi connectivity index (χ3n) is 3.39. The van der Waals surface area contributed by atoms with E-state index >= 15 is 0 Å². The van der Waals surface area contributed by atoms with Crippen molar-refractivity contribution in [3.05, 3.63) is 29.8 Å². The fourth-order valence-electron chi connectivity index (χ4n) is 2.36. The van der Waals surface area contributed by atoms with Crippen LogP contribution in [0.2, 0.25) is 0 Å². The third kappa shape index (κ3) is 3.43. The summed E-state index contributed by atoms with van der Waals surface area (Å²) >= 11 is 0. The molecular formula is C14H18F2N2O. The molecule has 0 aliphatic carbocycles. The smallest absolute Gasteiger partial charge is 0.241 e. The van der Waals surface area contributed by atoms with Gasteiger partial charge in [0.2, 0.25) is 5.91 Å². The number of halogens is 2. The van der Waals surface area contributed by atoms with Crippen LogP contribution < -0.4 is 5.32 Å². The van der Waals surface area contributed by atoms with Gasteiger partial charge in [-0.2, -0.15) is 0 Å². The molecule has 1 aromatic carbocycles. The molecule has 5 heteroatoms. The average Bonchev–Trinajstić information content (AvgIpc) is 2.38. The Hall–Kier alpha value is -1.65. The summed E-state index contributed by atoms with van der Waals surface area (Å²) in [7, 11) is 0. The van der Waals surface area contributed by atoms with Crippen molar-refractivity contribution in [1.29, 1.82) is 0 Å². The Morgan fingerprint density at radius 1 is 1.42 bits per heavy atom. The molecule has 104 valence electrons. The lowest BCUT2D eigenvalue weighted by Crippen LogP contribution is -2.42. The number of benzene rings is 1. The molecule has 1 N–H and O–H groups in total. The number of rotatable bonds is 3. The van der Waals surface area contributed by atoms with Crippen LogP contribution in [0.5, 0.6) is 0 Å². The zero-order valence-electron chi connectivity index (χ0n) is 11.0. The van der Waals surface area contributed by atoms with E-state index in [9.17, 15) is 13.6 Å². The van der Waals surface area contributed by atoms with E-state index < -0.39 is 11.6 Å². The predicted octanol–water partition coefficient (Wildman–Crippen LogP) is 2.64. The molecule has 0 aromatic heterocycles. The maximum Gasteiger partial charge on any atom is 0.241 e. The number of para-hydroxylation sites is 1. The molecule has 1 unspecified atom stereocenters. The summed E-state index contributed by atoms with van der Waals surface area (Å²) < 4.78 is 26.8. The number of amides is 1. The first-order valence-electron chi connectivity index (χ1n) is 6.53. The molecule has 1 aromatic rings. The molecule has 0 radical (unpaired) electrons. The van der Waals surface area contributed by atoms with E-state index in [-0.39, 0.29) is 18.1 Å². The first kappa shape index (κ1) is 13.8. The number of carbonyl (C=O) groups is 1. The quantitative estimate of drug-likeness (QED) is 0.914. The lowest BCUT2D eigenvalue weighted by molar-refractivity contribution is -0.130. The highest BCUT2D eigenvalue weighted by atomic mass is 19.1. The van der Waals surface area contributed by atoms with Crippen LogP contribution in [-0.2, 0) is 4.79 Å². The molecule has 0 bridgehead atoms. The van der Waals surface area contributed by atoms with Gasteiger partial charge in [0.25, 0.3) is 0 Å². The Labute approximate surface area is 111 Å². The molecule has 2 rings (SSSR count). The van der Waals surface area contributed by atoms with E-state index in [1.807, 2.05) is 0 Å². The molecule has 0 spiro atoms. The normalized spacial score (nSPS) is 19.3. The van der Waals surface area contributed by atoms with Crippen molar-refractivity contribution in [1.82, 2.24) is 4.90 Å². The van der Waals surface area contributed by atoms with Crippen LogP contribution in [0.4, 0.5) is 14.5 Å². The predicted molar refractivity (Wildman–Crippen MR) is 69.8 cm³/mol. The van der Waals surface area contributed by atoms with E-state index in [0.717, 1.165) is 25.9 Å². The van der Waals surface area contributed by atoms with Gasteiger partial charge in [0, 0.05) is 13.1 Å². The van der Waals surface area contributed by atoms with Gasteiger partial charge in [0.05, 0.1) is 6.54 Å². The van der Waals surface area contributed by atoms with Crippen LogP contribution in [-0.4, -0.2) is 30.4 Å². The van der Waals surface area contributed by atoms with E-state index in [2.05, 4.69) is 12.2 Å². The fourth-order valence-corrected chi connectivity index (χ4v) is 2.36. The number of hydrogen-bond acceptors (Lipinski definition) is 2. The van der Waals surface area contributed by atoms with Crippen molar-refractivity contribution in [3.8, 4) is 0 Å². The number of hydrogen-bond donors (Lipinski definition) is 1. The van der Waals surface area contributed by atoms with Crippen LogP contribution in [0.25, 0.3) is 0 Å². The summed E-state index contributed by atoms with van der Waals surface area (Å²) in [5, 5.41) is 2.55. The molecule has 1 heterocycles. The largest absolute Gasteiger partial charge is 0.371 e. The van der Waals surface area contributed by atoms with Gasteiger partial charge < -0.3 is 10.2 Å². The van der Waals surface area contributed by atoms with Crippen LogP contribution >= 0.6 is 0 Å². The Morgan fingerprint density at radius 2 is 2.11 bits per heavy atom. The lowest BCUT2D eigenvalue weighted by Gasteiger charge is -2.31. The number of nitrogens with one attached hydrogen (secondary N) is 1. The van der Waals surface area contributed by atoms with Gasteiger partial charge in [0.15, 0.2) is 0 Å². The van der Waals surface area contributed by atoms with Gasteiger partial charge >= 0.3 is 0 Å².